The molecule has 0 spiro atoms. The van der Waals surface area contributed by atoms with E-state index in [0.29, 0.717) is 29.4 Å². The summed E-state index contributed by atoms with van der Waals surface area (Å²) in [7, 11) is 0. The summed E-state index contributed by atoms with van der Waals surface area (Å²) < 4.78 is 5.96. The van der Waals surface area contributed by atoms with Gasteiger partial charge in [0.25, 0.3) is 5.91 Å². The van der Waals surface area contributed by atoms with Crippen LogP contribution in [0, 0.1) is 0 Å². The Balaban J connectivity index is 1.53. The van der Waals surface area contributed by atoms with Crippen LogP contribution in [0.25, 0.3) is 0 Å². The highest BCUT2D eigenvalue weighted by Crippen LogP contribution is 2.22. The Morgan fingerprint density at radius 2 is 1.65 bits per heavy atom. The molecule has 0 bridgehead atoms. The summed E-state index contributed by atoms with van der Waals surface area (Å²) in [6.45, 7) is 2.77. The van der Waals surface area contributed by atoms with Crippen LogP contribution in [-0.4, -0.2) is 35.9 Å². The maximum absolute atomic E-state index is 12.6. The predicted molar refractivity (Wildman–Crippen MR) is 102 cm³/mol. The minimum absolute atomic E-state index is 0.00400. The molecule has 1 saturated heterocycles. The van der Waals surface area contributed by atoms with Crippen LogP contribution < -0.4 is 10.1 Å². The third-order valence-electron chi connectivity index (χ3n) is 4.30. The van der Waals surface area contributed by atoms with Gasteiger partial charge in [-0.15, -0.1) is 0 Å². The average molecular weight is 373 g/mol. The molecular weight excluding hydrogens is 352 g/mol. The highest BCUT2D eigenvalue weighted by Gasteiger charge is 2.24. The maximum atomic E-state index is 12.6. The number of ether oxygens (including phenoxy) is 1. The van der Waals surface area contributed by atoms with Gasteiger partial charge >= 0.3 is 0 Å². The highest BCUT2D eigenvalue weighted by atomic mass is 35.5. The van der Waals surface area contributed by atoms with E-state index in [1.807, 2.05) is 17.0 Å². The van der Waals surface area contributed by atoms with Gasteiger partial charge in [-0.25, -0.2) is 0 Å². The molecule has 0 aliphatic carbocycles. The van der Waals surface area contributed by atoms with Gasteiger partial charge in [-0.2, -0.15) is 0 Å². The number of nitrogens with one attached hydrogen (secondary N) is 1. The van der Waals surface area contributed by atoms with Gasteiger partial charge in [-0.3, -0.25) is 9.59 Å². The summed E-state index contributed by atoms with van der Waals surface area (Å²) in [5, 5.41) is 3.38. The van der Waals surface area contributed by atoms with Crippen molar-refractivity contribution in [3.63, 3.8) is 0 Å². The monoisotopic (exact) mass is 372 g/mol. The fraction of sp³-hybridized carbons (Fsp3) is 0.300. The Kier molecular flexibility index (Phi) is 5.78. The maximum Gasteiger partial charge on any atom is 0.253 e. The summed E-state index contributed by atoms with van der Waals surface area (Å²) >= 11 is 5.88. The molecule has 1 N–H and O–H groups in total. The van der Waals surface area contributed by atoms with E-state index in [1.54, 1.807) is 36.4 Å². The van der Waals surface area contributed by atoms with Crippen LogP contribution in [0.15, 0.2) is 48.5 Å². The molecule has 1 aliphatic heterocycles. The minimum atomic E-state index is -0.133. The van der Waals surface area contributed by atoms with Crippen molar-refractivity contribution in [1.82, 2.24) is 4.90 Å². The van der Waals surface area contributed by atoms with Crippen molar-refractivity contribution in [2.75, 3.05) is 18.4 Å². The fourth-order valence-electron chi connectivity index (χ4n) is 2.96. The molecular formula is C20H21ClN2O3. The van der Waals surface area contributed by atoms with E-state index in [0.717, 1.165) is 18.6 Å². The van der Waals surface area contributed by atoms with Crippen LogP contribution >= 0.6 is 11.6 Å². The lowest BCUT2D eigenvalue weighted by molar-refractivity contribution is -0.114. The molecule has 136 valence electrons. The van der Waals surface area contributed by atoms with Crippen LogP contribution in [0.2, 0.25) is 5.02 Å². The number of rotatable bonds is 4. The number of carbonyl (C=O) groups excluding carboxylic acids is 2. The molecule has 5 nitrogen and oxygen atoms in total. The van der Waals surface area contributed by atoms with Gasteiger partial charge < -0.3 is 15.0 Å². The lowest BCUT2D eigenvalue weighted by atomic mass is 10.1. The zero-order valence-corrected chi connectivity index (χ0v) is 15.3. The second-order valence-corrected chi connectivity index (χ2v) is 6.76. The topological polar surface area (TPSA) is 58.6 Å². The summed E-state index contributed by atoms with van der Waals surface area (Å²) in [6.07, 6.45) is 1.68. The Bertz CT molecular complexity index is 767. The van der Waals surface area contributed by atoms with E-state index in [-0.39, 0.29) is 17.9 Å². The normalized spacial score (nSPS) is 14.8. The van der Waals surface area contributed by atoms with Crippen molar-refractivity contribution < 1.29 is 14.3 Å². The van der Waals surface area contributed by atoms with Gasteiger partial charge in [0.15, 0.2) is 0 Å². The third kappa shape index (κ3) is 4.76. The first-order valence-electron chi connectivity index (χ1n) is 8.60. The number of benzene rings is 2. The molecule has 6 heteroatoms. The largest absolute Gasteiger partial charge is 0.490 e. The Hall–Kier alpha value is -2.53. The average Bonchev–Trinajstić information content (AvgIpc) is 2.64. The minimum Gasteiger partial charge on any atom is -0.490 e. The number of nitrogens with zero attached hydrogens (tertiary/aromatic N) is 1. The zero-order valence-electron chi connectivity index (χ0n) is 14.6. The first-order valence-corrected chi connectivity index (χ1v) is 8.98. The molecule has 0 unspecified atom stereocenters. The Labute approximate surface area is 157 Å². The summed E-state index contributed by atoms with van der Waals surface area (Å²) in [5.41, 5.74) is 1.31. The van der Waals surface area contributed by atoms with Crippen molar-refractivity contribution in [3.05, 3.63) is 59.1 Å². The molecule has 26 heavy (non-hydrogen) atoms. The molecule has 2 aromatic carbocycles. The number of anilines is 1. The smallest absolute Gasteiger partial charge is 0.253 e. The van der Waals surface area contributed by atoms with Crippen LogP contribution in [-0.2, 0) is 4.79 Å². The number of likely N-dealkylation sites (tertiary alicyclic amines) is 1. The van der Waals surface area contributed by atoms with Gasteiger partial charge in [0.2, 0.25) is 5.91 Å². The van der Waals surface area contributed by atoms with E-state index < -0.39 is 0 Å². The van der Waals surface area contributed by atoms with Gasteiger partial charge in [-0.05, 0) is 48.5 Å². The molecule has 0 aromatic heterocycles. The molecule has 3 rings (SSSR count). The van der Waals surface area contributed by atoms with Gasteiger partial charge in [0, 0.05) is 49.1 Å². The van der Waals surface area contributed by atoms with E-state index in [1.165, 1.54) is 6.92 Å². The molecule has 2 amide bonds. The van der Waals surface area contributed by atoms with Gasteiger partial charge in [-0.1, -0.05) is 11.6 Å². The second-order valence-electron chi connectivity index (χ2n) is 6.32. The van der Waals surface area contributed by atoms with Gasteiger partial charge in [0.1, 0.15) is 11.9 Å². The van der Waals surface area contributed by atoms with Crippen LogP contribution in [0.3, 0.4) is 0 Å². The van der Waals surface area contributed by atoms with Crippen molar-refractivity contribution in [2.45, 2.75) is 25.9 Å². The summed E-state index contributed by atoms with van der Waals surface area (Å²) in [4.78, 5) is 25.5. The van der Waals surface area contributed by atoms with Crippen LogP contribution in [0.5, 0.6) is 5.75 Å². The first kappa shape index (κ1) is 18.3. The number of hydrogen-bond donors (Lipinski definition) is 1. The van der Waals surface area contributed by atoms with Crippen molar-refractivity contribution >= 4 is 29.1 Å². The number of carbonyl (C=O) groups is 2. The lowest BCUT2D eigenvalue weighted by Crippen LogP contribution is -2.41. The fourth-order valence-corrected chi connectivity index (χ4v) is 3.09. The standard InChI is InChI=1S/C20H21ClN2O3/c1-14(24)22-17-6-2-15(3-7-17)20(25)23-12-10-19(11-13-23)26-18-8-4-16(21)5-9-18/h2-9,19H,10-13H2,1H3,(H,22,24). The van der Waals surface area contributed by atoms with Gasteiger partial charge in [0.05, 0.1) is 0 Å². The van der Waals surface area contributed by atoms with E-state index >= 15 is 0 Å². The third-order valence-corrected chi connectivity index (χ3v) is 4.55. The molecule has 1 aliphatic rings. The molecule has 0 saturated carbocycles. The van der Waals surface area contributed by atoms with E-state index in [9.17, 15) is 9.59 Å². The molecule has 1 fully saturated rings. The quantitative estimate of drug-likeness (QED) is 0.883. The van der Waals surface area contributed by atoms with Crippen LogP contribution in [0.1, 0.15) is 30.1 Å². The van der Waals surface area contributed by atoms with E-state index in [2.05, 4.69) is 5.32 Å². The number of piperidine rings is 1. The van der Waals surface area contributed by atoms with Crippen molar-refractivity contribution in [1.29, 1.82) is 0 Å². The summed E-state index contributed by atoms with van der Waals surface area (Å²) in [6, 6.07) is 14.3. The second kappa shape index (κ2) is 8.23. The molecule has 1 heterocycles. The predicted octanol–water partition coefficient (Wildman–Crippen LogP) is 3.98. The number of hydrogen-bond acceptors (Lipinski definition) is 3. The number of amides is 2. The Morgan fingerprint density at radius 3 is 2.23 bits per heavy atom. The van der Waals surface area contributed by atoms with E-state index in [4.69, 9.17) is 16.3 Å². The summed E-state index contributed by atoms with van der Waals surface area (Å²) in [5.74, 6) is 0.670. The first-order chi connectivity index (χ1) is 12.5. The molecule has 0 atom stereocenters. The lowest BCUT2D eigenvalue weighted by Gasteiger charge is -2.32. The molecule has 0 radical (unpaired) electrons. The number of halogens is 1. The molecule has 2 aromatic rings. The highest BCUT2D eigenvalue weighted by molar-refractivity contribution is 6.30. The SMILES string of the molecule is CC(=O)Nc1ccc(C(=O)N2CCC(Oc3ccc(Cl)cc3)CC2)cc1. The van der Waals surface area contributed by atoms with Crippen LogP contribution in [0.4, 0.5) is 5.69 Å². The Morgan fingerprint density at radius 1 is 1.04 bits per heavy atom. The van der Waals surface area contributed by atoms with Crippen molar-refractivity contribution in [3.8, 4) is 5.75 Å². The zero-order chi connectivity index (χ0) is 18.5. The van der Waals surface area contributed by atoms with Crippen molar-refractivity contribution in [2.24, 2.45) is 0 Å².